The highest BCUT2D eigenvalue weighted by Gasteiger charge is 2.14. The zero-order valence-corrected chi connectivity index (χ0v) is 20.6. The van der Waals surface area contributed by atoms with Crippen LogP contribution in [0.4, 0.5) is 0 Å². The minimum absolute atomic E-state index is 0. The number of hydrogen-bond donors (Lipinski definition) is 2. The molecular weight excluding hydrogens is 491 g/mol. The van der Waals surface area contributed by atoms with Crippen LogP contribution in [0.3, 0.4) is 0 Å². The molecule has 8 nitrogen and oxygen atoms in total. The summed E-state index contributed by atoms with van der Waals surface area (Å²) in [6.07, 6.45) is 6.31. The van der Waals surface area contributed by atoms with E-state index in [2.05, 4.69) is 53.5 Å². The Morgan fingerprint density at radius 3 is 2.70 bits per heavy atom. The monoisotopic (exact) mass is 522 g/mol. The van der Waals surface area contributed by atoms with E-state index in [1.54, 1.807) is 17.1 Å². The summed E-state index contributed by atoms with van der Waals surface area (Å²) in [5, 5.41) is 15.6. The highest BCUT2D eigenvalue weighted by molar-refractivity contribution is 14.0. The zero-order chi connectivity index (χ0) is 20.8. The van der Waals surface area contributed by atoms with Crippen molar-refractivity contribution in [3.05, 3.63) is 59.3 Å². The Morgan fingerprint density at radius 1 is 1.27 bits per heavy atom. The summed E-state index contributed by atoms with van der Waals surface area (Å²) in [6.45, 7) is 9.78. The Kier molecular flexibility index (Phi) is 8.82. The lowest BCUT2D eigenvalue weighted by Crippen LogP contribution is -2.43. The van der Waals surface area contributed by atoms with Crippen molar-refractivity contribution in [3.8, 4) is 5.82 Å². The van der Waals surface area contributed by atoms with E-state index in [4.69, 9.17) is 4.99 Å². The summed E-state index contributed by atoms with van der Waals surface area (Å²) in [5.41, 5.74) is 4.67. The third-order valence-electron chi connectivity index (χ3n) is 4.87. The Hall–Kier alpha value is -2.43. The summed E-state index contributed by atoms with van der Waals surface area (Å²) in [4.78, 5) is 9.13. The first-order chi connectivity index (χ1) is 14.0. The van der Waals surface area contributed by atoms with Gasteiger partial charge in [0.1, 0.15) is 0 Å². The Balaban J connectivity index is 0.00000320. The van der Waals surface area contributed by atoms with Gasteiger partial charge in [-0.05, 0) is 63.4 Å². The fourth-order valence-electron chi connectivity index (χ4n) is 3.28. The number of pyridine rings is 1. The van der Waals surface area contributed by atoms with Gasteiger partial charge in [-0.15, -0.1) is 24.0 Å². The minimum Gasteiger partial charge on any atom is -0.357 e. The first-order valence-corrected chi connectivity index (χ1v) is 9.96. The van der Waals surface area contributed by atoms with Gasteiger partial charge in [0, 0.05) is 43.9 Å². The van der Waals surface area contributed by atoms with Gasteiger partial charge in [-0.2, -0.15) is 10.2 Å². The van der Waals surface area contributed by atoms with Crippen LogP contribution in [0, 0.1) is 13.8 Å². The number of rotatable bonds is 7. The molecule has 0 fully saturated rings. The Labute approximate surface area is 195 Å². The lowest BCUT2D eigenvalue weighted by molar-refractivity contribution is 0.635. The van der Waals surface area contributed by atoms with Crippen LogP contribution >= 0.6 is 24.0 Å². The summed E-state index contributed by atoms with van der Waals surface area (Å²) in [7, 11) is 1.99. The third kappa shape index (κ3) is 6.04. The van der Waals surface area contributed by atoms with Crippen molar-refractivity contribution >= 4 is 29.9 Å². The summed E-state index contributed by atoms with van der Waals surface area (Å²) >= 11 is 0. The summed E-state index contributed by atoms with van der Waals surface area (Å²) in [5.74, 6) is 1.59. The predicted molar refractivity (Wildman–Crippen MR) is 131 cm³/mol. The van der Waals surface area contributed by atoms with E-state index in [9.17, 15) is 0 Å². The molecule has 9 heteroatoms. The molecule has 1 atom stereocenters. The van der Waals surface area contributed by atoms with Crippen LogP contribution in [-0.4, -0.2) is 43.1 Å². The number of halogens is 1. The lowest BCUT2D eigenvalue weighted by Gasteiger charge is -2.18. The fourth-order valence-corrected chi connectivity index (χ4v) is 3.28. The molecule has 162 valence electrons. The van der Waals surface area contributed by atoms with Gasteiger partial charge in [0.2, 0.25) is 0 Å². The van der Waals surface area contributed by atoms with Crippen molar-refractivity contribution in [2.45, 2.75) is 46.7 Å². The van der Waals surface area contributed by atoms with E-state index in [1.807, 2.05) is 36.1 Å². The molecule has 0 spiro atoms. The Morgan fingerprint density at radius 2 is 2.07 bits per heavy atom. The molecule has 1 unspecified atom stereocenters. The van der Waals surface area contributed by atoms with Crippen LogP contribution in [0.1, 0.15) is 36.4 Å². The van der Waals surface area contributed by atoms with E-state index in [1.165, 1.54) is 11.3 Å². The van der Waals surface area contributed by atoms with Crippen molar-refractivity contribution in [1.29, 1.82) is 0 Å². The largest absolute Gasteiger partial charge is 0.357 e. The highest BCUT2D eigenvalue weighted by Crippen LogP contribution is 2.14. The topological polar surface area (TPSA) is 84.9 Å². The number of aliphatic imine (C=N–C) groups is 1. The van der Waals surface area contributed by atoms with Crippen molar-refractivity contribution in [1.82, 2.24) is 35.2 Å². The molecule has 3 heterocycles. The van der Waals surface area contributed by atoms with Gasteiger partial charge in [-0.3, -0.25) is 4.68 Å². The van der Waals surface area contributed by atoms with Gasteiger partial charge in [0.15, 0.2) is 11.8 Å². The van der Waals surface area contributed by atoms with Crippen molar-refractivity contribution < 1.29 is 0 Å². The van der Waals surface area contributed by atoms with E-state index >= 15 is 0 Å². The molecule has 2 N–H and O–H groups in total. The molecule has 0 bridgehead atoms. The maximum atomic E-state index is 4.75. The average molecular weight is 522 g/mol. The molecule has 3 aromatic rings. The van der Waals surface area contributed by atoms with E-state index < -0.39 is 0 Å². The third-order valence-corrected chi connectivity index (χ3v) is 4.87. The molecule has 0 radical (unpaired) electrons. The van der Waals surface area contributed by atoms with Gasteiger partial charge in [-0.1, -0.05) is 0 Å². The van der Waals surface area contributed by atoms with E-state index in [0.29, 0.717) is 6.54 Å². The molecular formula is C21H31IN8. The molecule has 0 aliphatic heterocycles. The predicted octanol–water partition coefficient (Wildman–Crippen LogP) is 2.92. The van der Waals surface area contributed by atoms with Crippen LogP contribution < -0.4 is 10.6 Å². The van der Waals surface area contributed by atoms with Gasteiger partial charge in [0.05, 0.1) is 12.2 Å². The van der Waals surface area contributed by atoms with Gasteiger partial charge in [-0.25, -0.2) is 14.7 Å². The lowest BCUT2D eigenvalue weighted by atomic mass is 10.1. The number of guanidine groups is 1. The molecule has 3 aromatic heterocycles. The first kappa shape index (κ1) is 23.8. The number of aromatic nitrogens is 5. The van der Waals surface area contributed by atoms with Crippen LogP contribution in [-0.2, 0) is 20.0 Å². The highest BCUT2D eigenvalue weighted by atomic mass is 127. The SMILES string of the molecule is CCNC(=NCc1ccnc(-n2cccn2)c1)NC(C)Cc1c(C)nn(C)c1C.I. The van der Waals surface area contributed by atoms with Gasteiger partial charge in [0.25, 0.3) is 0 Å². The molecule has 0 aliphatic rings. The maximum Gasteiger partial charge on any atom is 0.191 e. The van der Waals surface area contributed by atoms with Crippen LogP contribution in [0.5, 0.6) is 0 Å². The van der Waals surface area contributed by atoms with Crippen molar-refractivity contribution in [2.75, 3.05) is 6.54 Å². The molecule has 0 saturated heterocycles. The number of aryl methyl sites for hydroxylation is 2. The normalized spacial score (nSPS) is 12.4. The Bertz CT molecular complexity index is 962. The molecule has 0 aromatic carbocycles. The summed E-state index contributed by atoms with van der Waals surface area (Å²) in [6, 6.07) is 6.09. The molecule has 0 aliphatic carbocycles. The van der Waals surface area contributed by atoms with E-state index in [-0.39, 0.29) is 30.0 Å². The number of nitrogens with one attached hydrogen (secondary N) is 2. The number of hydrogen-bond acceptors (Lipinski definition) is 4. The van der Waals surface area contributed by atoms with Crippen molar-refractivity contribution in [2.24, 2.45) is 12.0 Å². The second-order valence-corrected chi connectivity index (χ2v) is 7.19. The van der Waals surface area contributed by atoms with Gasteiger partial charge >= 0.3 is 0 Å². The maximum absolute atomic E-state index is 4.75. The number of nitrogens with zero attached hydrogens (tertiary/aromatic N) is 6. The zero-order valence-electron chi connectivity index (χ0n) is 18.3. The fraction of sp³-hybridized carbons (Fsp3) is 0.429. The molecule has 30 heavy (non-hydrogen) atoms. The second kappa shape index (κ2) is 11.1. The quantitative estimate of drug-likeness (QED) is 0.283. The molecule has 0 amide bonds. The van der Waals surface area contributed by atoms with Crippen LogP contribution in [0.2, 0.25) is 0 Å². The second-order valence-electron chi connectivity index (χ2n) is 7.19. The van der Waals surface area contributed by atoms with Crippen LogP contribution in [0.15, 0.2) is 41.8 Å². The van der Waals surface area contributed by atoms with E-state index in [0.717, 1.165) is 36.0 Å². The first-order valence-electron chi connectivity index (χ1n) is 9.96. The molecule has 0 saturated carbocycles. The van der Waals surface area contributed by atoms with Crippen molar-refractivity contribution in [3.63, 3.8) is 0 Å². The average Bonchev–Trinajstić information content (AvgIpc) is 3.32. The molecule has 3 rings (SSSR count). The standard InChI is InChI=1S/C21H30N8.HI/c1-6-22-21(26-15(2)12-19-16(3)27-28(5)17(19)4)24-14-18-8-10-23-20(13-18)29-11-7-9-25-29;/h7-11,13,15H,6,12,14H2,1-5H3,(H2,22,24,26);1H. The smallest absolute Gasteiger partial charge is 0.191 e. The summed E-state index contributed by atoms with van der Waals surface area (Å²) < 4.78 is 3.69. The van der Waals surface area contributed by atoms with Gasteiger partial charge < -0.3 is 10.6 Å². The minimum atomic E-state index is 0. The van der Waals surface area contributed by atoms with Crippen LogP contribution in [0.25, 0.3) is 5.82 Å².